The SMILES string of the molecule is CCn1nc(COc2ccc(OC)cc2)nc1[C@@H](N)Cc1ccc(O)cc1. The van der Waals surface area contributed by atoms with Crippen LogP contribution < -0.4 is 15.2 Å². The van der Waals surface area contributed by atoms with Crippen LogP contribution in [0, 0.1) is 0 Å². The standard InChI is InChI=1S/C20H24N4O3/c1-3-24-20(18(21)12-14-4-6-15(25)7-5-14)22-19(23-24)13-27-17-10-8-16(26-2)9-11-17/h4-11,18,25H,3,12-13,21H2,1-2H3/t18-/m0/s1. The number of aromatic hydroxyl groups is 1. The third kappa shape index (κ3) is 4.77. The van der Waals surface area contributed by atoms with Gasteiger partial charge in [0.15, 0.2) is 5.82 Å². The van der Waals surface area contributed by atoms with Gasteiger partial charge >= 0.3 is 0 Å². The molecule has 1 atom stereocenters. The smallest absolute Gasteiger partial charge is 0.188 e. The quantitative estimate of drug-likeness (QED) is 0.635. The van der Waals surface area contributed by atoms with Gasteiger partial charge in [-0.2, -0.15) is 5.10 Å². The maximum Gasteiger partial charge on any atom is 0.188 e. The highest BCUT2D eigenvalue weighted by Crippen LogP contribution is 2.20. The summed E-state index contributed by atoms with van der Waals surface area (Å²) < 4.78 is 12.7. The van der Waals surface area contributed by atoms with E-state index in [0.717, 1.165) is 22.9 Å². The number of methoxy groups -OCH3 is 1. The number of phenols is 1. The molecule has 1 heterocycles. The van der Waals surface area contributed by atoms with Gasteiger partial charge in [-0.05, 0) is 55.3 Å². The van der Waals surface area contributed by atoms with E-state index in [0.29, 0.717) is 18.8 Å². The lowest BCUT2D eigenvalue weighted by molar-refractivity contribution is 0.294. The molecular weight excluding hydrogens is 344 g/mol. The van der Waals surface area contributed by atoms with Gasteiger partial charge in [0, 0.05) is 6.54 Å². The Kier molecular flexibility index (Phi) is 5.93. The number of rotatable bonds is 8. The average Bonchev–Trinajstić information content (AvgIpc) is 3.12. The highest BCUT2D eigenvalue weighted by Gasteiger charge is 2.17. The minimum atomic E-state index is -0.295. The van der Waals surface area contributed by atoms with Crippen molar-refractivity contribution in [2.24, 2.45) is 5.73 Å². The van der Waals surface area contributed by atoms with E-state index in [-0.39, 0.29) is 18.4 Å². The Morgan fingerprint density at radius 1 is 1.07 bits per heavy atom. The molecule has 0 amide bonds. The average molecular weight is 368 g/mol. The van der Waals surface area contributed by atoms with Gasteiger partial charge in [-0.3, -0.25) is 0 Å². The summed E-state index contributed by atoms with van der Waals surface area (Å²) in [5, 5.41) is 13.9. The first kappa shape index (κ1) is 18.7. The molecule has 0 saturated carbocycles. The Morgan fingerprint density at radius 2 is 1.74 bits per heavy atom. The molecule has 7 nitrogen and oxygen atoms in total. The molecule has 3 aromatic rings. The Morgan fingerprint density at radius 3 is 2.37 bits per heavy atom. The fourth-order valence-electron chi connectivity index (χ4n) is 2.77. The van der Waals surface area contributed by atoms with Gasteiger partial charge in [0.25, 0.3) is 0 Å². The van der Waals surface area contributed by atoms with Crippen LogP contribution >= 0.6 is 0 Å². The molecule has 0 aliphatic heterocycles. The molecule has 0 saturated heterocycles. The maximum absolute atomic E-state index is 9.40. The van der Waals surface area contributed by atoms with Crippen LogP contribution in [0.3, 0.4) is 0 Å². The first-order valence-corrected chi connectivity index (χ1v) is 8.83. The normalized spacial score (nSPS) is 12.0. The van der Waals surface area contributed by atoms with Gasteiger partial charge in [0.1, 0.15) is 29.7 Å². The van der Waals surface area contributed by atoms with Crippen LogP contribution in [0.1, 0.15) is 30.2 Å². The zero-order valence-corrected chi connectivity index (χ0v) is 15.5. The Bertz CT molecular complexity index is 860. The van der Waals surface area contributed by atoms with E-state index in [2.05, 4.69) is 10.1 Å². The summed E-state index contributed by atoms with van der Waals surface area (Å²) in [5.74, 6) is 3.04. The molecule has 27 heavy (non-hydrogen) atoms. The second-order valence-electron chi connectivity index (χ2n) is 6.14. The molecule has 142 valence electrons. The van der Waals surface area contributed by atoms with E-state index in [1.54, 1.807) is 23.9 Å². The van der Waals surface area contributed by atoms with Gasteiger partial charge in [-0.15, -0.1) is 0 Å². The molecule has 0 fully saturated rings. The summed E-state index contributed by atoms with van der Waals surface area (Å²) in [6.07, 6.45) is 0.609. The molecule has 0 bridgehead atoms. The fraction of sp³-hybridized carbons (Fsp3) is 0.300. The van der Waals surface area contributed by atoms with E-state index >= 15 is 0 Å². The number of hydrogen-bond donors (Lipinski definition) is 2. The summed E-state index contributed by atoms with van der Waals surface area (Å²) >= 11 is 0. The molecule has 7 heteroatoms. The molecule has 0 aliphatic rings. The monoisotopic (exact) mass is 368 g/mol. The number of aromatic nitrogens is 3. The van der Waals surface area contributed by atoms with E-state index < -0.39 is 0 Å². The fourth-order valence-corrected chi connectivity index (χ4v) is 2.77. The van der Waals surface area contributed by atoms with E-state index in [1.165, 1.54) is 0 Å². The predicted octanol–water partition coefficient (Wildman–Crippen LogP) is 2.83. The third-order valence-corrected chi connectivity index (χ3v) is 4.19. The lowest BCUT2D eigenvalue weighted by Gasteiger charge is -2.11. The van der Waals surface area contributed by atoms with Crippen LogP contribution in [-0.4, -0.2) is 27.0 Å². The third-order valence-electron chi connectivity index (χ3n) is 4.19. The van der Waals surface area contributed by atoms with Crippen molar-refractivity contribution in [3.8, 4) is 17.2 Å². The zero-order chi connectivity index (χ0) is 19.2. The number of aryl methyl sites for hydroxylation is 1. The number of phenolic OH excluding ortho intramolecular Hbond substituents is 1. The number of nitrogens with two attached hydrogens (primary N) is 1. The van der Waals surface area contributed by atoms with Gasteiger partial charge in [-0.25, -0.2) is 9.67 Å². The molecule has 2 aromatic carbocycles. The van der Waals surface area contributed by atoms with Gasteiger partial charge in [-0.1, -0.05) is 12.1 Å². The summed E-state index contributed by atoms with van der Waals surface area (Å²) in [5.41, 5.74) is 7.38. The first-order chi connectivity index (χ1) is 13.1. The number of benzene rings is 2. The molecule has 0 aliphatic carbocycles. The molecule has 3 N–H and O–H groups in total. The second kappa shape index (κ2) is 8.55. The minimum Gasteiger partial charge on any atom is -0.508 e. The number of ether oxygens (including phenoxy) is 2. The van der Waals surface area contributed by atoms with Gasteiger partial charge in [0.2, 0.25) is 0 Å². The van der Waals surface area contributed by atoms with Crippen LogP contribution in [0.25, 0.3) is 0 Å². The van der Waals surface area contributed by atoms with Crippen LogP contribution in [-0.2, 0) is 19.6 Å². The summed E-state index contributed by atoms with van der Waals surface area (Å²) in [6.45, 7) is 2.94. The Labute approximate surface area is 158 Å². The van der Waals surface area contributed by atoms with Crippen molar-refractivity contribution >= 4 is 0 Å². The van der Waals surface area contributed by atoms with Crippen LogP contribution in [0.4, 0.5) is 0 Å². The van der Waals surface area contributed by atoms with Crippen molar-refractivity contribution in [2.45, 2.75) is 32.5 Å². The molecule has 0 unspecified atom stereocenters. The lowest BCUT2D eigenvalue weighted by Crippen LogP contribution is -2.19. The van der Waals surface area contributed by atoms with Crippen LogP contribution in [0.2, 0.25) is 0 Å². The van der Waals surface area contributed by atoms with E-state index in [9.17, 15) is 5.11 Å². The molecule has 0 spiro atoms. The Hall–Kier alpha value is -3.06. The Balaban J connectivity index is 1.67. The summed E-state index contributed by atoms with van der Waals surface area (Å²) in [7, 11) is 1.63. The lowest BCUT2D eigenvalue weighted by atomic mass is 10.1. The molecule has 3 rings (SSSR count). The zero-order valence-electron chi connectivity index (χ0n) is 15.5. The number of hydrogen-bond acceptors (Lipinski definition) is 6. The predicted molar refractivity (Wildman–Crippen MR) is 102 cm³/mol. The van der Waals surface area contributed by atoms with Crippen molar-refractivity contribution in [3.05, 3.63) is 65.7 Å². The highest BCUT2D eigenvalue weighted by atomic mass is 16.5. The van der Waals surface area contributed by atoms with E-state index in [4.69, 9.17) is 15.2 Å². The van der Waals surface area contributed by atoms with Gasteiger partial charge < -0.3 is 20.3 Å². The second-order valence-corrected chi connectivity index (χ2v) is 6.14. The first-order valence-electron chi connectivity index (χ1n) is 8.83. The van der Waals surface area contributed by atoms with Crippen LogP contribution in [0.5, 0.6) is 17.2 Å². The molecule has 1 aromatic heterocycles. The van der Waals surface area contributed by atoms with Gasteiger partial charge in [0.05, 0.1) is 13.2 Å². The maximum atomic E-state index is 9.40. The van der Waals surface area contributed by atoms with Crippen molar-refractivity contribution in [1.82, 2.24) is 14.8 Å². The summed E-state index contributed by atoms with van der Waals surface area (Å²) in [4.78, 5) is 4.57. The number of nitrogens with zero attached hydrogens (tertiary/aromatic N) is 3. The summed E-state index contributed by atoms with van der Waals surface area (Å²) in [6, 6.07) is 14.1. The van der Waals surface area contributed by atoms with Crippen molar-refractivity contribution in [1.29, 1.82) is 0 Å². The molecule has 0 radical (unpaired) electrons. The molecular formula is C20H24N4O3. The van der Waals surface area contributed by atoms with E-state index in [1.807, 2.05) is 43.3 Å². The highest BCUT2D eigenvalue weighted by molar-refractivity contribution is 5.31. The minimum absolute atomic E-state index is 0.238. The van der Waals surface area contributed by atoms with Crippen LogP contribution in [0.15, 0.2) is 48.5 Å². The topological polar surface area (TPSA) is 95.4 Å². The largest absolute Gasteiger partial charge is 0.508 e. The van der Waals surface area contributed by atoms with Crippen molar-refractivity contribution in [2.75, 3.05) is 7.11 Å². The van der Waals surface area contributed by atoms with Crippen molar-refractivity contribution < 1.29 is 14.6 Å². The van der Waals surface area contributed by atoms with Crippen molar-refractivity contribution in [3.63, 3.8) is 0 Å².